The second-order valence-corrected chi connectivity index (χ2v) is 7.06. The van der Waals surface area contributed by atoms with Crippen LogP contribution in [0, 0.1) is 13.8 Å². The minimum absolute atomic E-state index is 0.0270. The fraction of sp³-hybridized carbons (Fsp3) is 0.316. The molecule has 128 valence electrons. The minimum atomic E-state index is -0.168. The molecule has 0 saturated heterocycles. The van der Waals surface area contributed by atoms with Gasteiger partial charge in [-0.1, -0.05) is 52.7 Å². The van der Waals surface area contributed by atoms with E-state index in [0.717, 1.165) is 16.5 Å². The molecule has 2 aromatic rings. The Labute approximate surface area is 156 Å². The molecule has 0 radical (unpaired) electrons. The summed E-state index contributed by atoms with van der Waals surface area (Å²) in [5.74, 6) is 0.327. The lowest BCUT2D eigenvalue weighted by molar-refractivity contribution is -0.123. The highest BCUT2D eigenvalue weighted by Crippen LogP contribution is 2.27. The lowest BCUT2D eigenvalue weighted by Gasteiger charge is -2.19. The second-order valence-electron chi connectivity index (χ2n) is 5.74. The zero-order valence-corrected chi connectivity index (χ0v) is 16.4. The Morgan fingerprint density at radius 3 is 2.58 bits per heavy atom. The van der Waals surface area contributed by atoms with E-state index >= 15 is 0 Å². The molecule has 0 unspecified atom stereocenters. The van der Waals surface area contributed by atoms with Gasteiger partial charge in [0, 0.05) is 4.47 Å². The van der Waals surface area contributed by atoms with Gasteiger partial charge in [-0.3, -0.25) is 4.79 Å². The average Bonchev–Trinajstić information content (AvgIpc) is 2.54. The number of hydrogen-bond acceptors (Lipinski definition) is 2. The lowest BCUT2D eigenvalue weighted by Crippen LogP contribution is -2.32. The zero-order chi connectivity index (χ0) is 17.7. The third-order valence-corrected chi connectivity index (χ3v) is 4.72. The van der Waals surface area contributed by atoms with Crippen molar-refractivity contribution < 1.29 is 9.53 Å². The molecule has 0 aliphatic carbocycles. The molecule has 0 bridgehead atoms. The molecular formula is C19H21BrClNO2. The lowest BCUT2D eigenvalue weighted by atomic mass is 9.99. The Morgan fingerprint density at radius 2 is 1.96 bits per heavy atom. The fourth-order valence-corrected chi connectivity index (χ4v) is 3.10. The van der Waals surface area contributed by atoms with Crippen LogP contribution in [0.2, 0.25) is 5.02 Å². The number of rotatable bonds is 6. The van der Waals surface area contributed by atoms with Crippen molar-refractivity contribution in [3.8, 4) is 5.75 Å². The molecule has 5 heteroatoms. The topological polar surface area (TPSA) is 38.3 Å². The predicted molar refractivity (Wildman–Crippen MR) is 102 cm³/mol. The van der Waals surface area contributed by atoms with Gasteiger partial charge in [0.25, 0.3) is 5.91 Å². The van der Waals surface area contributed by atoms with Gasteiger partial charge in [0.1, 0.15) is 5.75 Å². The molecule has 1 atom stereocenters. The summed E-state index contributed by atoms with van der Waals surface area (Å²) in [6.45, 7) is 6.13. The number of carbonyl (C=O) groups is 1. The number of hydrogen-bond donors (Lipinski definition) is 1. The molecule has 0 heterocycles. The Bertz CT molecular complexity index is 733. The van der Waals surface area contributed by atoms with Crippen LogP contribution >= 0.6 is 27.5 Å². The SMILES string of the molecule is CC[C@@H](NC(=O)COc1ccc(Br)cc1Cl)c1ccc(C)c(C)c1. The molecule has 2 aromatic carbocycles. The van der Waals surface area contributed by atoms with Crippen LogP contribution < -0.4 is 10.1 Å². The average molecular weight is 411 g/mol. The van der Waals surface area contributed by atoms with E-state index in [4.69, 9.17) is 16.3 Å². The van der Waals surface area contributed by atoms with Crippen molar-refractivity contribution in [1.29, 1.82) is 0 Å². The normalized spacial score (nSPS) is 11.9. The van der Waals surface area contributed by atoms with Crippen molar-refractivity contribution in [2.75, 3.05) is 6.61 Å². The predicted octanol–water partition coefficient (Wildman–Crippen LogP) is 5.37. The summed E-state index contributed by atoms with van der Waals surface area (Å²) in [4.78, 5) is 12.2. The third kappa shape index (κ3) is 4.99. The molecule has 0 aliphatic heterocycles. The Hall–Kier alpha value is -1.52. The maximum atomic E-state index is 12.2. The second kappa shape index (κ2) is 8.54. The van der Waals surface area contributed by atoms with Crippen molar-refractivity contribution in [3.63, 3.8) is 0 Å². The first-order valence-electron chi connectivity index (χ1n) is 7.85. The van der Waals surface area contributed by atoms with E-state index in [1.807, 2.05) is 13.0 Å². The van der Waals surface area contributed by atoms with E-state index in [1.54, 1.807) is 12.1 Å². The van der Waals surface area contributed by atoms with E-state index in [-0.39, 0.29) is 18.6 Å². The highest BCUT2D eigenvalue weighted by atomic mass is 79.9. The van der Waals surface area contributed by atoms with Gasteiger partial charge in [0.05, 0.1) is 11.1 Å². The van der Waals surface area contributed by atoms with Gasteiger partial charge in [-0.25, -0.2) is 0 Å². The first-order valence-corrected chi connectivity index (χ1v) is 9.02. The zero-order valence-electron chi connectivity index (χ0n) is 14.0. The van der Waals surface area contributed by atoms with Crippen LogP contribution in [0.4, 0.5) is 0 Å². The summed E-state index contributed by atoms with van der Waals surface area (Å²) in [7, 11) is 0. The largest absolute Gasteiger partial charge is 0.482 e. The maximum absolute atomic E-state index is 12.2. The summed E-state index contributed by atoms with van der Waals surface area (Å²) in [5.41, 5.74) is 3.57. The van der Waals surface area contributed by atoms with Crippen molar-refractivity contribution >= 4 is 33.4 Å². The van der Waals surface area contributed by atoms with Crippen molar-refractivity contribution in [1.82, 2.24) is 5.32 Å². The van der Waals surface area contributed by atoms with Gasteiger partial charge in [0.2, 0.25) is 0 Å². The number of halogens is 2. The number of aryl methyl sites for hydroxylation is 2. The molecule has 24 heavy (non-hydrogen) atoms. The highest BCUT2D eigenvalue weighted by molar-refractivity contribution is 9.10. The van der Waals surface area contributed by atoms with E-state index < -0.39 is 0 Å². The molecular weight excluding hydrogens is 390 g/mol. The minimum Gasteiger partial charge on any atom is -0.482 e. The molecule has 0 spiro atoms. The summed E-state index contributed by atoms with van der Waals surface area (Å²) < 4.78 is 6.38. The molecule has 3 nitrogen and oxygen atoms in total. The smallest absolute Gasteiger partial charge is 0.258 e. The molecule has 0 fully saturated rings. The van der Waals surface area contributed by atoms with Crippen LogP contribution in [0.25, 0.3) is 0 Å². The number of nitrogens with one attached hydrogen (secondary N) is 1. The van der Waals surface area contributed by atoms with E-state index in [9.17, 15) is 4.79 Å². The summed E-state index contributed by atoms with van der Waals surface area (Å²) in [6, 6.07) is 11.5. The van der Waals surface area contributed by atoms with Gasteiger partial charge in [-0.15, -0.1) is 0 Å². The monoisotopic (exact) mass is 409 g/mol. The summed E-state index contributed by atoms with van der Waals surface area (Å²) in [6.07, 6.45) is 0.813. The summed E-state index contributed by atoms with van der Waals surface area (Å²) >= 11 is 9.42. The van der Waals surface area contributed by atoms with Gasteiger partial charge in [-0.05, 0) is 55.2 Å². The Morgan fingerprint density at radius 1 is 1.21 bits per heavy atom. The van der Waals surface area contributed by atoms with E-state index in [2.05, 4.69) is 53.3 Å². The summed E-state index contributed by atoms with van der Waals surface area (Å²) in [5, 5.41) is 3.49. The van der Waals surface area contributed by atoms with E-state index in [1.165, 1.54) is 11.1 Å². The number of benzene rings is 2. The molecule has 0 saturated carbocycles. The fourth-order valence-electron chi connectivity index (χ4n) is 2.37. The number of ether oxygens (including phenoxy) is 1. The van der Waals surface area contributed by atoms with Crippen LogP contribution in [0.15, 0.2) is 40.9 Å². The van der Waals surface area contributed by atoms with Crippen LogP contribution in [-0.4, -0.2) is 12.5 Å². The van der Waals surface area contributed by atoms with Crippen LogP contribution in [0.5, 0.6) is 5.75 Å². The Balaban J connectivity index is 1.97. The van der Waals surface area contributed by atoms with Crippen molar-refractivity contribution in [3.05, 3.63) is 62.6 Å². The van der Waals surface area contributed by atoms with Gasteiger partial charge >= 0.3 is 0 Å². The van der Waals surface area contributed by atoms with Crippen molar-refractivity contribution in [2.24, 2.45) is 0 Å². The highest BCUT2D eigenvalue weighted by Gasteiger charge is 2.14. The molecule has 1 N–H and O–H groups in total. The first kappa shape index (κ1) is 18.8. The molecule has 0 aliphatic rings. The van der Waals surface area contributed by atoms with Gasteiger partial charge < -0.3 is 10.1 Å². The van der Waals surface area contributed by atoms with E-state index in [0.29, 0.717) is 10.8 Å². The van der Waals surface area contributed by atoms with Crippen LogP contribution in [0.1, 0.15) is 36.1 Å². The van der Waals surface area contributed by atoms with Gasteiger partial charge in [0.15, 0.2) is 6.61 Å². The maximum Gasteiger partial charge on any atom is 0.258 e. The quantitative estimate of drug-likeness (QED) is 0.695. The number of carbonyl (C=O) groups excluding carboxylic acids is 1. The number of amides is 1. The molecule has 1 amide bonds. The van der Waals surface area contributed by atoms with Crippen LogP contribution in [-0.2, 0) is 4.79 Å². The first-order chi connectivity index (χ1) is 11.4. The third-order valence-electron chi connectivity index (χ3n) is 3.93. The van der Waals surface area contributed by atoms with Crippen LogP contribution in [0.3, 0.4) is 0 Å². The van der Waals surface area contributed by atoms with Crippen molar-refractivity contribution in [2.45, 2.75) is 33.2 Å². The molecule has 2 rings (SSSR count). The standard InChI is InChI=1S/C19H21BrClNO2/c1-4-17(14-6-5-12(2)13(3)9-14)22-19(23)11-24-18-8-7-15(20)10-16(18)21/h5-10,17H,4,11H2,1-3H3,(H,22,23)/t17-/m1/s1. The van der Waals surface area contributed by atoms with Gasteiger partial charge in [-0.2, -0.15) is 0 Å². The molecule has 0 aromatic heterocycles. The Kier molecular flexibility index (Phi) is 6.69.